The van der Waals surface area contributed by atoms with E-state index in [1.165, 1.54) is 25.1 Å². The second kappa shape index (κ2) is 7.42. The number of benzene rings is 1. The van der Waals surface area contributed by atoms with Gasteiger partial charge in [-0.3, -0.25) is 4.79 Å². The molecule has 0 radical (unpaired) electrons. The number of hydrogen-bond acceptors (Lipinski definition) is 4. The molecule has 1 saturated heterocycles. The molecule has 3 rings (SSSR count). The Hall–Kier alpha value is -2.14. The van der Waals surface area contributed by atoms with E-state index < -0.39 is 0 Å². The number of aromatic amines is 1. The molecule has 1 fully saturated rings. The number of likely N-dealkylation sites (tertiary alicyclic amines) is 1. The molecular weight excluding hydrogens is 290 g/mol. The topological polar surface area (TPSA) is 58.2 Å². The van der Waals surface area contributed by atoms with Crippen LogP contribution >= 0.6 is 0 Å². The summed E-state index contributed by atoms with van der Waals surface area (Å²) in [4.78, 5) is 13.8. The predicted molar refractivity (Wildman–Crippen MR) is 90.7 cm³/mol. The maximum absolute atomic E-state index is 11.4. The van der Waals surface area contributed by atoms with Crippen molar-refractivity contribution in [2.75, 3.05) is 19.7 Å². The minimum absolute atomic E-state index is 0.150. The van der Waals surface area contributed by atoms with Gasteiger partial charge in [-0.2, -0.15) is 5.10 Å². The van der Waals surface area contributed by atoms with Gasteiger partial charge in [-0.15, -0.1) is 0 Å². The van der Waals surface area contributed by atoms with E-state index in [9.17, 15) is 4.79 Å². The molecule has 0 bridgehead atoms. The molecule has 0 saturated carbocycles. The number of ether oxygens (including phenoxy) is 1. The minimum atomic E-state index is -0.313. The molecule has 2 aromatic rings. The average molecular weight is 317 g/mol. The number of rotatable bonds is 6. The van der Waals surface area contributed by atoms with Crippen LogP contribution in [0.3, 0.4) is 0 Å². The number of H-pyrrole nitrogens is 1. The molecule has 1 aromatic heterocycles. The van der Waals surface area contributed by atoms with Crippen molar-refractivity contribution >= 4 is 0 Å². The van der Waals surface area contributed by atoms with Crippen molar-refractivity contribution in [1.82, 2.24) is 15.1 Å². The Balaban J connectivity index is 1.63. The first kappa shape index (κ1) is 13.3. The van der Waals surface area contributed by atoms with Crippen molar-refractivity contribution in [2.24, 2.45) is 0 Å². The zero-order valence-electron chi connectivity index (χ0n) is 15.3. The summed E-state index contributed by atoms with van der Waals surface area (Å²) >= 11 is 0. The first-order valence-corrected chi connectivity index (χ1v) is 8.08. The maximum Gasteiger partial charge on any atom is 0.264 e. The monoisotopic (exact) mass is 317 g/mol. The molecule has 1 N–H and O–H groups in total. The summed E-state index contributed by atoms with van der Waals surface area (Å²) in [5.74, 6) is 0.288. The molecule has 2 heterocycles. The Bertz CT molecular complexity index is 771. The van der Waals surface area contributed by atoms with E-state index in [0.29, 0.717) is 23.8 Å². The Labute approximate surface area is 139 Å². The zero-order valence-corrected chi connectivity index (χ0v) is 13.3. The Morgan fingerprint density at radius 2 is 2.26 bits per heavy atom. The van der Waals surface area contributed by atoms with Gasteiger partial charge in [0.1, 0.15) is 5.75 Å². The average Bonchev–Trinajstić information content (AvgIpc) is 2.98. The largest absolute Gasteiger partial charge is 0.494 e. The number of nitrogens with zero attached hydrogens (tertiary/aromatic N) is 2. The lowest BCUT2D eigenvalue weighted by Gasteiger charge is -2.20. The summed E-state index contributed by atoms with van der Waals surface area (Å²) in [6.45, 7) is 4.87. The van der Waals surface area contributed by atoms with Crippen LogP contribution in [-0.2, 0) is 0 Å². The van der Waals surface area contributed by atoms with Crippen molar-refractivity contribution in [3.8, 4) is 16.9 Å². The Kier molecular flexibility index (Phi) is 4.29. The number of nitrogens with one attached hydrogen (secondary N) is 1. The third-order valence-electron chi connectivity index (χ3n) is 4.24. The van der Waals surface area contributed by atoms with Crippen LogP contribution < -0.4 is 10.3 Å². The van der Waals surface area contributed by atoms with Gasteiger partial charge in [-0.25, -0.2) is 5.10 Å². The lowest BCUT2D eigenvalue weighted by Crippen LogP contribution is -2.28. The summed E-state index contributed by atoms with van der Waals surface area (Å²) in [7, 11) is 0. The molecule has 1 aromatic carbocycles. The third kappa shape index (κ3) is 4.20. The summed E-state index contributed by atoms with van der Waals surface area (Å²) < 4.78 is 21.9. The van der Waals surface area contributed by atoms with E-state index in [4.69, 9.17) is 7.48 Å². The molecule has 1 atom stereocenters. The molecule has 0 aliphatic carbocycles. The molecule has 5 nitrogen and oxygen atoms in total. The predicted octanol–water partition coefficient (Wildman–Crippen LogP) is 2.69. The highest BCUT2D eigenvalue weighted by Gasteiger charge is 2.18. The molecule has 23 heavy (non-hydrogen) atoms. The fourth-order valence-electron chi connectivity index (χ4n) is 2.92. The summed E-state index contributed by atoms with van der Waals surface area (Å²) in [6.07, 6.45) is 4.90. The Morgan fingerprint density at radius 1 is 1.43 bits per heavy atom. The first-order valence-electron chi connectivity index (χ1n) is 9.08. The van der Waals surface area contributed by atoms with Gasteiger partial charge in [0.2, 0.25) is 0 Å². The van der Waals surface area contributed by atoms with Crippen LogP contribution in [0.2, 0.25) is 0 Å². The Morgan fingerprint density at radius 3 is 2.96 bits per heavy atom. The van der Waals surface area contributed by atoms with E-state index in [0.717, 1.165) is 19.5 Å². The van der Waals surface area contributed by atoms with Gasteiger partial charge < -0.3 is 9.64 Å². The quantitative estimate of drug-likeness (QED) is 0.832. The van der Waals surface area contributed by atoms with E-state index in [1.54, 1.807) is 12.1 Å². The maximum atomic E-state index is 11.4. The van der Waals surface area contributed by atoms with Crippen molar-refractivity contribution in [3.05, 3.63) is 46.8 Å². The molecule has 0 spiro atoms. The van der Waals surface area contributed by atoms with Crippen molar-refractivity contribution in [2.45, 2.75) is 32.2 Å². The van der Waals surface area contributed by atoms with Gasteiger partial charge in [0, 0.05) is 24.2 Å². The number of hydrogen-bond donors (Lipinski definition) is 1. The molecule has 0 amide bonds. The van der Waals surface area contributed by atoms with Crippen LogP contribution in [0.1, 0.15) is 28.9 Å². The summed E-state index contributed by atoms with van der Waals surface area (Å²) in [6, 6.07) is 5.55. The molecule has 0 unspecified atom stereocenters. The highest BCUT2D eigenvalue weighted by atomic mass is 16.5. The molecule has 1 aliphatic rings. The molecule has 5 heteroatoms. The lowest BCUT2D eigenvalue weighted by molar-refractivity contribution is 0.230. The van der Waals surface area contributed by atoms with Gasteiger partial charge >= 0.3 is 0 Å². The molecular formula is C18H23N3O2. The second-order valence-corrected chi connectivity index (χ2v) is 5.92. The number of aromatic nitrogens is 2. The van der Waals surface area contributed by atoms with Gasteiger partial charge in [-0.1, -0.05) is 12.1 Å². The van der Waals surface area contributed by atoms with Crippen LogP contribution in [0.25, 0.3) is 11.1 Å². The van der Waals surface area contributed by atoms with E-state index in [2.05, 4.69) is 22.0 Å². The van der Waals surface area contributed by atoms with Gasteiger partial charge in [0.25, 0.3) is 5.56 Å². The van der Waals surface area contributed by atoms with Crippen LogP contribution in [0.4, 0.5) is 0 Å². The third-order valence-corrected chi connectivity index (χ3v) is 4.24. The van der Waals surface area contributed by atoms with Crippen LogP contribution in [0.15, 0.2) is 41.3 Å². The van der Waals surface area contributed by atoms with Crippen molar-refractivity contribution < 1.29 is 7.48 Å². The van der Waals surface area contributed by atoms with Crippen molar-refractivity contribution in [3.63, 3.8) is 0 Å². The second-order valence-electron chi connectivity index (χ2n) is 5.92. The smallest absolute Gasteiger partial charge is 0.264 e. The normalized spacial score (nSPS) is 19.4. The highest BCUT2D eigenvalue weighted by Crippen LogP contribution is 2.21. The zero-order chi connectivity index (χ0) is 17.8. The van der Waals surface area contributed by atoms with Crippen molar-refractivity contribution in [1.29, 1.82) is 0 Å². The fraction of sp³-hybridized carbons (Fsp3) is 0.444. The van der Waals surface area contributed by atoms with E-state index in [-0.39, 0.29) is 23.4 Å². The highest BCUT2D eigenvalue weighted by molar-refractivity contribution is 5.62. The fourth-order valence-corrected chi connectivity index (χ4v) is 2.92. The summed E-state index contributed by atoms with van der Waals surface area (Å²) in [5.41, 5.74) is 0.888. The lowest BCUT2D eigenvalue weighted by atomic mass is 10.1. The minimum Gasteiger partial charge on any atom is -0.494 e. The molecule has 1 aliphatic heterocycles. The summed E-state index contributed by atoms with van der Waals surface area (Å²) in [5, 5.41) is 6.07. The van der Waals surface area contributed by atoms with E-state index >= 15 is 0 Å². The first-order chi connectivity index (χ1) is 12.0. The van der Waals surface area contributed by atoms with Gasteiger partial charge in [0.15, 0.2) is 0 Å². The SMILES string of the molecule is [3H]c1cc(-c2cn[nH]c(=O)c2)cc([3H])c1OCCCN1CCC[C@H]1C. The van der Waals surface area contributed by atoms with Crippen LogP contribution in [0.5, 0.6) is 5.75 Å². The van der Waals surface area contributed by atoms with E-state index in [1.807, 2.05) is 0 Å². The molecule has 122 valence electrons. The van der Waals surface area contributed by atoms with Crippen LogP contribution in [0, 0.1) is 0 Å². The standard InChI is InChI=1S/C18H23N3O2/c1-14-4-2-9-21(14)10-3-11-23-17-7-5-15(6-8-17)16-12-18(22)20-19-13-16/h5-8,12-14H,2-4,9-11H2,1H3,(H,20,22)/t14-/m1/s1/i7T,8T. The van der Waals surface area contributed by atoms with Gasteiger partial charge in [0.05, 0.1) is 15.5 Å². The van der Waals surface area contributed by atoms with Crippen LogP contribution in [-0.4, -0.2) is 40.8 Å². The van der Waals surface area contributed by atoms with Gasteiger partial charge in [-0.05, 0) is 50.4 Å².